The summed E-state index contributed by atoms with van der Waals surface area (Å²) in [6.07, 6.45) is 0.962. The van der Waals surface area contributed by atoms with E-state index in [4.69, 9.17) is 4.74 Å². The van der Waals surface area contributed by atoms with E-state index in [0.29, 0.717) is 31.9 Å². The Kier molecular flexibility index (Phi) is 5.83. The van der Waals surface area contributed by atoms with Gasteiger partial charge in [-0.15, -0.1) is 10.2 Å². The third-order valence-electron chi connectivity index (χ3n) is 4.98. The molecule has 0 bridgehead atoms. The zero-order valence-electron chi connectivity index (χ0n) is 16.6. The van der Waals surface area contributed by atoms with Crippen molar-refractivity contribution in [2.24, 2.45) is 0 Å². The van der Waals surface area contributed by atoms with Gasteiger partial charge in [0.2, 0.25) is 0 Å². The molecule has 7 nitrogen and oxygen atoms in total. The molecule has 1 amide bonds. The largest absolute Gasteiger partial charge is 0.478 e. The van der Waals surface area contributed by atoms with Gasteiger partial charge in [0.05, 0.1) is 5.69 Å². The molecule has 3 aromatic rings. The summed E-state index contributed by atoms with van der Waals surface area (Å²) in [4.78, 5) is 20.8. The fourth-order valence-electron chi connectivity index (χ4n) is 3.34. The Hall–Kier alpha value is -3.55. The lowest BCUT2D eigenvalue weighted by Gasteiger charge is -2.36. The van der Waals surface area contributed by atoms with Crippen molar-refractivity contribution in [3.63, 3.8) is 0 Å². The number of hydrogen-bond acceptors (Lipinski definition) is 6. The standard InChI is InChI=1S/C22H22FN5O2/c1-16(30-20-8-3-2-6-17(20)23)22(29)28-14-12-27(13-15-28)21-10-9-19(25-26-21)18-7-4-5-11-24-18/h2-11,16H,12-15H2,1H3. The van der Waals surface area contributed by atoms with Gasteiger partial charge < -0.3 is 14.5 Å². The van der Waals surface area contributed by atoms with Crippen molar-refractivity contribution in [3.8, 4) is 17.1 Å². The highest BCUT2D eigenvalue weighted by atomic mass is 19.1. The van der Waals surface area contributed by atoms with Gasteiger partial charge in [0.15, 0.2) is 23.5 Å². The predicted octanol–water partition coefficient (Wildman–Crippen LogP) is 2.79. The average Bonchev–Trinajstić information content (AvgIpc) is 2.81. The van der Waals surface area contributed by atoms with Crippen LogP contribution in [0.4, 0.5) is 10.2 Å². The number of hydrogen-bond donors (Lipinski definition) is 0. The third-order valence-corrected chi connectivity index (χ3v) is 4.98. The van der Waals surface area contributed by atoms with Crippen molar-refractivity contribution in [3.05, 3.63) is 66.6 Å². The maximum atomic E-state index is 13.8. The van der Waals surface area contributed by atoms with Crippen molar-refractivity contribution < 1.29 is 13.9 Å². The van der Waals surface area contributed by atoms with Crippen LogP contribution in [0.3, 0.4) is 0 Å². The number of halogens is 1. The minimum absolute atomic E-state index is 0.0836. The molecule has 1 fully saturated rings. The van der Waals surface area contributed by atoms with Gasteiger partial charge in [0.1, 0.15) is 5.69 Å². The molecule has 8 heteroatoms. The molecule has 4 rings (SSSR count). The van der Waals surface area contributed by atoms with E-state index in [1.165, 1.54) is 12.1 Å². The van der Waals surface area contributed by atoms with E-state index in [2.05, 4.69) is 20.1 Å². The molecule has 1 unspecified atom stereocenters. The van der Waals surface area contributed by atoms with Gasteiger partial charge in [0, 0.05) is 32.4 Å². The number of aromatic nitrogens is 3. The maximum Gasteiger partial charge on any atom is 0.263 e. The van der Waals surface area contributed by atoms with Gasteiger partial charge >= 0.3 is 0 Å². The fraction of sp³-hybridized carbons (Fsp3) is 0.273. The molecule has 0 aliphatic carbocycles. The normalized spacial score (nSPS) is 15.0. The van der Waals surface area contributed by atoms with Crippen LogP contribution in [0.5, 0.6) is 5.75 Å². The molecule has 30 heavy (non-hydrogen) atoms. The first-order valence-corrected chi connectivity index (χ1v) is 9.82. The topological polar surface area (TPSA) is 71.5 Å². The molecule has 1 saturated heterocycles. The van der Waals surface area contributed by atoms with Crippen LogP contribution in [0, 0.1) is 5.82 Å². The summed E-state index contributed by atoms with van der Waals surface area (Å²) >= 11 is 0. The molecule has 0 saturated carbocycles. The quantitative estimate of drug-likeness (QED) is 0.648. The molecule has 1 aliphatic heterocycles. The molecule has 1 aromatic carbocycles. The SMILES string of the molecule is CC(Oc1ccccc1F)C(=O)N1CCN(c2ccc(-c3ccccn3)nn2)CC1. The highest BCUT2D eigenvalue weighted by molar-refractivity contribution is 5.81. The lowest BCUT2D eigenvalue weighted by atomic mass is 10.2. The molecular formula is C22H22FN5O2. The van der Waals surface area contributed by atoms with Crippen LogP contribution < -0.4 is 9.64 Å². The van der Waals surface area contributed by atoms with E-state index >= 15 is 0 Å². The second kappa shape index (κ2) is 8.86. The summed E-state index contributed by atoms with van der Waals surface area (Å²) in [7, 11) is 0. The molecule has 2 aromatic heterocycles. The van der Waals surface area contributed by atoms with Crippen LogP contribution in [-0.4, -0.2) is 58.3 Å². The van der Waals surface area contributed by atoms with Crippen molar-refractivity contribution in [1.29, 1.82) is 0 Å². The summed E-state index contributed by atoms with van der Waals surface area (Å²) in [5.74, 6) is 0.210. The third kappa shape index (κ3) is 4.37. The summed E-state index contributed by atoms with van der Waals surface area (Å²) in [5.41, 5.74) is 1.49. The van der Waals surface area contributed by atoms with E-state index in [9.17, 15) is 9.18 Å². The Labute approximate surface area is 174 Å². The van der Waals surface area contributed by atoms with E-state index in [-0.39, 0.29) is 11.7 Å². The van der Waals surface area contributed by atoms with Crippen molar-refractivity contribution in [2.75, 3.05) is 31.1 Å². The minimum Gasteiger partial charge on any atom is -0.478 e. The molecule has 1 atom stereocenters. The summed E-state index contributed by atoms with van der Waals surface area (Å²) in [6.45, 7) is 3.98. The molecule has 3 heterocycles. The molecule has 154 valence electrons. The van der Waals surface area contributed by atoms with Crippen molar-refractivity contribution >= 4 is 11.7 Å². The number of nitrogens with zero attached hydrogens (tertiary/aromatic N) is 5. The van der Waals surface area contributed by atoms with E-state index < -0.39 is 11.9 Å². The number of pyridine rings is 1. The number of rotatable bonds is 5. The molecule has 1 aliphatic rings. The Morgan fingerprint density at radius 3 is 2.40 bits per heavy atom. The Bertz CT molecular complexity index is 992. The van der Waals surface area contributed by atoms with Gasteiger partial charge in [0.25, 0.3) is 5.91 Å². The smallest absolute Gasteiger partial charge is 0.263 e. The van der Waals surface area contributed by atoms with Crippen LogP contribution in [-0.2, 0) is 4.79 Å². The van der Waals surface area contributed by atoms with Crippen LogP contribution in [0.2, 0.25) is 0 Å². The first kappa shape index (κ1) is 19.8. The second-order valence-electron chi connectivity index (χ2n) is 6.99. The second-order valence-corrected chi connectivity index (χ2v) is 6.99. The van der Waals surface area contributed by atoms with Crippen molar-refractivity contribution in [2.45, 2.75) is 13.0 Å². The summed E-state index contributed by atoms with van der Waals surface area (Å²) in [5, 5.41) is 8.59. The van der Waals surface area contributed by atoms with E-state index in [0.717, 1.165) is 11.5 Å². The average molecular weight is 407 g/mol. The number of benzene rings is 1. The van der Waals surface area contributed by atoms with Crippen LogP contribution in [0.1, 0.15) is 6.92 Å². The zero-order valence-corrected chi connectivity index (χ0v) is 16.6. The zero-order chi connectivity index (χ0) is 20.9. The van der Waals surface area contributed by atoms with E-state index in [1.807, 2.05) is 30.3 Å². The molecule has 0 radical (unpaired) electrons. The van der Waals surface area contributed by atoms with Gasteiger partial charge in [-0.1, -0.05) is 18.2 Å². The summed E-state index contributed by atoms with van der Waals surface area (Å²) < 4.78 is 19.3. The van der Waals surface area contributed by atoms with Crippen LogP contribution in [0.15, 0.2) is 60.8 Å². The fourth-order valence-corrected chi connectivity index (χ4v) is 3.34. The van der Waals surface area contributed by atoms with Crippen LogP contribution in [0.25, 0.3) is 11.4 Å². The minimum atomic E-state index is -0.758. The highest BCUT2D eigenvalue weighted by Crippen LogP contribution is 2.20. The Balaban J connectivity index is 1.33. The molecular weight excluding hydrogens is 385 g/mol. The number of ether oxygens (including phenoxy) is 1. The van der Waals surface area contributed by atoms with Gasteiger partial charge in [-0.25, -0.2) is 4.39 Å². The first-order valence-electron chi connectivity index (χ1n) is 9.82. The molecule has 0 N–H and O–H groups in total. The van der Waals surface area contributed by atoms with E-state index in [1.54, 1.807) is 30.2 Å². The number of para-hydroxylation sites is 1. The number of anilines is 1. The Morgan fingerprint density at radius 1 is 0.967 bits per heavy atom. The first-order chi connectivity index (χ1) is 14.6. The molecule has 0 spiro atoms. The van der Waals surface area contributed by atoms with Crippen LogP contribution >= 0.6 is 0 Å². The monoisotopic (exact) mass is 407 g/mol. The highest BCUT2D eigenvalue weighted by Gasteiger charge is 2.27. The number of amides is 1. The maximum absolute atomic E-state index is 13.8. The number of carbonyl (C=O) groups is 1. The summed E-state index contributed by atoms with van der Waals surface area (Å²) in [6, 6.07) is 15.5. The van der Waals surface area contributed by atoms with Gasteiger partial charge in [-0.05, 0) is 43.3 Å². The number of piperazine rings is 1. The van der Waals surface area contributed by atoms with Gasteiger partial charge in [-0.2, -0.15) is 0 Å². The Morgan fingerprint density at radius 2 is 1.73 bits per heavy atom. The lowest BCUT2D eigenvalue weighted by Crippen LogP contribution is -2.52. The van der Waals surface area contributed by atoms with Gasteiger partial charge in [-0.3, -0.25) is 9.78 Å². The lowest BCUT2D eigenvalue weighted by molar-refractivity contribution is -0.138. The predicted molar refractivity (Wildman–Crippen MR) is 111 cm³/mol. The van der Waals surface area contributed by atoms with Crippen molar-refractivity contribution in [1.82, 2.24) is 20.1 Å². The number of carbonyl (C=O) groups excluding carboxylic acids is 1.